The fraction of sp³-hybridized carbons (Fsp3) is 0.0612. The first kappa shape index (κ1) is 37.6. The summed E-state index contributed by atoms with van der Waals surface area (Å²) in [6, 6.07) is 40.4. The van der Waals surface area contributed by atoms with Crippen molar-refractivity contribution in [1.29, 1.82) is 0 Å². The van der Waals surface area contributed by atoms with E-state index >= 15 is 0 Å². The van der Waals surface area contributed by atoms with Crippen LogP contribution in [0.5, 0.6) is 0 Å². The Hall–Kier alpha value is -6.37. The van der Waals surface area contributed by atoms with Crippen LogP contribution in [0, 0.1) is 0 Å². The van der Waals surface area contributed by atoms with E-state index in [1.165, 1.54) is 76.1 Å². The SMILES string of the molecule is Bc1c(B)c(B)c2c(oc3c(-c4ccc5c(c4)C(C)(C)c4ccc6ncsc6c4-5)c(B)c(B)c(B)c32)c1-c1cccc(-c2nc(-c3ccccc3)nc(-c3ccccc3)n2)c1. The summed E-state index contributed by atoms with van der Waals surface area (Å²) in [5.74, 6) is 1.90. The van der Waals surface area contributed by atoms with Gasteiger partial charge in [0.2, 0.25) is 0 Å². The van der Waals surface area contributed by atoms with Gasteiger partial charge in [0.15, 0.2) is 17.5 Å². The van der Waals surface area contributed by atoms with Crippen molar-refractivity contribution in [1.82, 2.24) is 19.9 Å². The molecule has 0 spiro atoms. The highest BCUT2D eigenvalue weighted by atomic mass is 32.1. The van der Waals surface area contributed by atoms with Crippen molar-refractivity contribution in [3.63, 3.8) is 0 Å². The number of aromatic nitrogens is 4. The average Bonchev–Trinajstić information content (AvgIpc) is 3.99. The number of fused-ring (bicyclic) bond motifs is 8. The lowest BCUT2D eigenvalue weighted by Gasteiger charge is -2.22. The molecule has 12 heteroatoms. The van der Waals surface area contributed by atoms with Crippen molar-refractivity contribution in [2.75, 3.05) is 0 Å². The first-order valence-electron chi connectivity index (χ1n) is 21.0. The molecule has 0 atom stereocenters. The van der Waals surface area contributed by atoms with E-state index in [2.05, 4.69) is 121 Å². The smallest absolute Gasteiger partial charge is 0.164 e. The van der Waals surface area contributed by atoms with Crippen LogP contribution >= 0.6 is 11.3 Å². The van der Waals surface area contributed by atoms with Gasteiger partial charge in [-0.3, -0.25) is 0 Å². The second-order valence-electron chi connectivity index (χ2n) is 17.2. The second-order valence-corrected chi connectivity index (χ2v) is 18.1. The van der Waals surface area contributed by atoms with Gasteiger partial charge in [-0.1, -0.05) is 144 Å². The molecule has 0 aliphatic heterocycles. The van der Waals surface area contributed by atoms with Gasteiger partial charge in [0, 0.05) is 49.6 Å². The highest BCUT2D eigenvalue weighted by Gasteiger charge is 2.37. The van der Waals surface area contributed by atoms with Crippen LogP contribution in [0.3, 0.4) is 0 Å². The van der Waals surface area contributed by atoms with Crippen LogP contribution in [0.2, 0.25) is 0 Å². The molecule has 0 N–H and O–H groups in total. The second kappa shape index (κ2) is 13.8. The van der Waals surface area contributed by atoms with Gasteiger partial charge in [-0.15, -0.1) is 11.3 Å². The highest BCUT2D eigenvalue weighted by molar-refractivity contribution is 7.17. The molecule has 1 aliphatic carbocycles. The molecule has 61 heavy (non-hydrogen) atoms. The van der Waals surface area contributed by atoms with Crippen LogP contribution in [-0.2, 0) is 5.41 Å². The van der Waals surface area contributed by atoms with Gasteiger partial charge in [0.05, 0.1) is 15.7 Å². The zero-order valence-electron chi connectivity index (χ0n) is 35.7. The topological polar surface area (TPSA) is 64.7 Å². The van der Waals surface area contributed by atoms with E-state index in [-0.39, 0.29) is 5.41 Å². The summed E-state index contributed by atoms with van der Waals surface area (Å²) in [6.07, 6.45) is 0. The average molecular weight is 796 g/mol. The van der Waals surface area contributed by atoms with Crippen molar-refractivity contribution < 1.29 is 4.42 Å². The summed E-state index contributed by atoms with van der Waals surface area (Å²) in [5.41, 5.74) is 24.9. The number of thiazole rings is 1. The molecule has 3 aromatic heterocycles. The van der Waals surface area contributed by atoms with E-state index in [9.17, 15) is 0 Å². The zero-order valence-corrected chi connectivity index (χ0v) is 36.5. The number of hydrogen-bond acceptors (Lipinski definition) is 6. The Balaban J connectivity index is 1.12. The maximum Gasteiger partial charge on any atom is 0.164 e. The highest BCUT2D eigenvalue weighted by Crippen LogP contribution is 2.53. The molecule has 0 unspecified atom stereocenters. The van der Waals surface area contributed by atoms with Gasteiger partial charge in [0.1, 0.15) is 58.2 Å². The van der Waals surface area contributed by atoms with Crippen molar-refractivity contribution in [3.8, 4) is 67.5 Å². The lowest BCUT2D eigenvalue weighted by Crippen LogP contribution is -2.42. The summed E-state index contributed by atoms with van der Waals surface area (Å²) in [6.45, 7) is 4.71. The largest absolute Gasteiger partial charge is 0.455 e. The number of hydrogen-bond donors (Lipinski definition) is 0. The zero-order chi connectivity index (χ0) is 41.9. The number of benzene rings is 7. The lowest BCUT2D eigenvalue weighted by molar-refractivity contribution is 0.660. The summed E-state index contributed by atoms with van der Waals surface area (Å²) in [4.78, 5) is 19.8. The first-order valence-corrected chi connectivity index (χ1v) is 21.8. The summed E-state index contributed by atoms with van der Waals surface area (Å²) >= 11 is 1.73. The molecule has 10 aromatic rings. The van der Waals surface area contributed by atoms with Gasteiger partial charge >= 0.3 is 0 Å². The minimum absolute atomic E-state index is 0.162. The fourth-order valence-corrected chi connectivity index (χ4v) is 10.7. The normalized spacial score (nSPS) is 13.0. The number of furan rings is 1. The monoisotopic (exact) mass is 796 g/mol. The molecule has 1 aliphatic rings. The van der Waals surface area contributed by atoms with Crippen molar-refractivity contribution in [2.45, 2.75) is 19.3 Å². The van der Waals surface area contributed by atoms with Gasteiger partial charge in [-0.2, -0.15) is 0 Å². The van der Waals surface area contributed by atoms with Crippen LogP contribution in [0.25, 0.3) is 99.7 Å². The maximum atomic E-state index is 7.39. The van der Waals surface area contributed by atoms with E-state index < -0.39 is 0 Å². The summed E-state index contributed by atoms with van der Waals surface area (Å²) < 4.78 is 8.65. The molecule has 0 saturated heterocycles. The molecule has 0 radical (unpaired) electrons. The van der Waals surface area contributed by atoms with Gasteiger partial charge in [0.25, 0.3) is 0 Å². The molecular weight excluding hydrogens is 758 g/mol. The van der Waals surface area contributed by atoms with Gasteiger partial charge < -0.3 is 4.42 Å². The number of nitrogens with zero attached hydrogens (tertiary/aromatic N) is 4. The van der Waals surface area contributed by atoms with Crippen molar-refractivity contribution in [3.05, 3.63) is 132 Å². The van der Waals surface area contributed by atoms with Crippen LogP contribution in [0.15, 0.2) is 125 Å². The van der Waals surface area contributed by atoms with Crippen LogP contribution in [0.1, 0.15) is 25.0 Å². The van der Waals surface area contributed by atoms with Crippen LogP contribution in [-0.4, -0.2) is 67.0 Å². The lowest BCUT2D eigenvalue weighted by atomic mass is 9.65. The van der Waals surface area contributed by atoms with Crippen molar-refractivity contribution in [2.24, 2.45) is 0 Å². The summed E-state index contributed by atoms with van der Waals surface area (Å²) in [7, 11) is 13.5. The van der Waals surface area contributed by atoms with E-state index in [0.29, 0.717) is 17.5 Å². The van der Waals surface area contributed by atoms with Crippen LogP contribution in [0.4, 0.5) is 0 Å². The molecule has 7 aromatic carbocycles. The first-order chi connectivity index (χ1) is 29.5. The molecule has 5 nitrogen and oxygen atoms in total. The third-order valence-corrected chi connectivity index (χ3v) is 14.5. The molecule has 0 fully saturated rings. The Morgan fingerprint density at radius 3 is 1.59 bits per heavy atom. The van der Waals surface area contributed by atoms with Crippen LogP contribution < -0.4 is 32.8 Å². The molecule has 0 amide bonds. The molecular formula is C49H38B6N4OS. The van der Waals surface area contributed by atoms with E-state index in [1.807, 2.05) is 66.2 Å². The standard InChI is InChI=1S/C49H38B6N4OS/c1-49(2)29-18-19-31-45(61-22-56-31)34(29)28-17-16-26(21-30(28)49)33-38(51)42(55)40(53)36-35-39(52)41(54)37(50)32(43(35)60-44(33)36)25-14-9-15-27(20-25)48-58-46(23-10-5-3-6-11-23)57-47(59-48)24-12-7-4-8-13-24/h3-22H,50-55H2,1-2H3. The molecule has 284 valence electrons. The molecule has 0 bridgehead atoms. The minimum Gasteiger partial charge on any atom is -0.455 e. The Morgan fingerprint density at radius 2 is 1.00 bits per heavy atom. The van der Waals surface area contributed by atoms with Gasteiger partial charge in [-0.25, -0.2) is 19.9 Å². The predicted octanol–water partition coefficient (Wildman–Crippen LogP) is 2.57. The minimum atomic E-state index is -0.162. The van der Waals surface area contributed by atoms with E-state index in [4.69, 9.17) is 19.4 Å². The quantitative estimate of drug-likeness (QED) is 0.251. The molecule has 3 heterocycles. The van der Waals surface area contributed by atoms with Crippen molar-refractivity contribution >= 4 is 123 Å². The molecule has 11 rings (SSSR count). The Bertz CT molecular complexity index is 3420. The van der Waals surface area contributed by atoms with E-state index in [1.54, 1.807) is 11.3 Å². The Morgan fingerprint density at radius 1 is 0.475 bits per heavy atom. The third kappa shape index (κ3) is 5.61. The molecule has 0 saturated carbocycles. The summed E-state index contributed by atoms with van der Waals surface area (Å²) in [5, 5.41) is 2.37. The predicted molar refractivity (Wildman–Crippen MR) is 274 cm³/mol. The van der Waals surface area contributed by atoms with E-state index in [0.717, 1.165) is 50.1 Å². The fourth-order valence-electron chi connectivity index (χ4n) is 9.90. The third-order valence-electron chi connectivity index (χ3n) is 13.6. The Labute approximate surface area is 364 Å². The number of rotatable bonds is 5. The van der Waals surface area contributed by atoms with Gasteiger partial charge in [-0.05, 0) is 46.0 Å². The maximum absolute atomic E-state index is 7.39. The Kier molecular flexibility index (Phi) is 8.53.